The van der Waals surface area contributed by atoms with E-state index in [0.29, 0.717) is 0 Å². The maximum absolute atomic E-state index is 11.7. The first-order valence-corrected chi connectivity index (χ1v) is 5.91. The summed E-state index contributed by atoms with van der Waals surface area (Å²) in [6.07, 6.45) is 2.94. The zero-order chi connectivity index (χ0) is 11.8. The van der Waals surface area contributed by atoms with E-state index in [1.807, 2.05) is 19.1 Å². The van der Waals surface area contributed by atoms with Gasteiger partial charge in [0, 0.05) is 12.6 Å². The van der Waals surface area contributed by atoms with Crippen molar-refractivity contribution in [2.24, 2.45) is 5.10 Å². The molecule has 2 atom stereocenters. The van der Waals surface area contributed by atoms with Crippen molar-refractivity contribution >= 4 is 12.3 Å². The van der Waals surface area contributed by atoms with Crippen LogP contribution in [0.2, 0.25) is 0 Å². The van der Waals surface area contributed by atoms with E-state index in [1.54, 1.807) is 6.21 Å². The molecule has 1 aromatic rings. The summed E-state index contributed by atoms with van der Waals surface area (Å²) in [5, 5.41) is 5.67. The maximum atomic E-state index is 11.7. The first kappa shape index (κ1) is 10.3. The van der Waals surface area contributed by atoms with Crippen molar-refractivity contribution in [1.29, 1.82) is 0 Å². The molecule has 0 N–H and O–H groups in total. The van der Waals surface area contributed by atoms with Crippen LogP contribution in [0.5, 0.6) is 0 Å². The van der Waals surface area contributed by atoms with E-state index in [4.69, 9.17) is 4.74 Å². The summed E-state index contributed by atoms with van der Waals surface area (Å²) in [5.74, 6) is 0. The van der Waals surface area contributed by atoms with Crippen molar-refractivity contribution in [2.45, 2.75) is 31.9 Å². The predicted octanol–water partition coefficient (Wildman–Crippen LogP) is 2.50. The normalized spacial score (nSPS) is 26.2. The van der Waals surface area contributed by atoms with Gasteiger partial charge in [-0.05, 0) is 17.5 Å². The van der Waals surface area contributed by atoms with Crippen LogP contribution < -0.4 is 0 Å². The second kappa shape index (κ2) is 3.87. The van der Waals surface area contributed by atoms with Crippen LogP contribution in [0.15, 0.2) is 29.4 Å². The van der Waals surface area contributed by atoms with Crippen LogP contribution in [0, 0.1) is 0 Å². The van der Waals surface area contributed by atoms with Gasteiger partial charge in [-0.2, -0.15) is 10.1 Å². The summed E-state index contributed by atoms with van der Waals surface area (Å²) in [6.45, 7) is 1.99. The molecular weight excluding hydrogens is 216 g/mol. The van der Waals surface area contributed by atoms with E-state index in [1.165, 1.54) is 10.6 Å². The molecule has 1 saturated heterocycles. The molecular formula is C13H14N2O2. The molecule has 4 heteroatoms. The standard InChI is InChI=1S/C13H14N2O2/c1-2-7-14-15-12-10-6-4-3-5-9(10)8-11(12)17-13(15)16/h3-7,11-12H,2,8H2,1H3/b14-7+/t11-,12+/m1/s1. The highest BCUT2D eigenvalue weighted by Crippen LogP contribution is 2.42. The van der Waals surface area contributed by atoms with Gasteiger partial charge in [0.25, 0.3) is 0 Å². The Balaban J connectivity index is 1.98. The fraction of sp³-hybridized carbons (Fsp3) is 0.385. The number of hydrogen-bond acceptors (Lipinski definition) is 3. The minimum absolute atomic E-state index is 0.0403. The van der Waals surface area contributed by atoms with Crippen LogP contribution in [0.3, 0.4) is 0 Å². The highest BCUT2D eigenvalue weighted by atomic mass is 16.6. The van der Waals surface area contributed by atoms with Gasteiger partial charge in [-0.25, -0.2) is 4.79 Å². The van der Waals surface area contributed by atoms with E-state index in [9.17, 15) is 4.79 Å². The average molecular weight is 230 g/mol. The lowest BCUT2D eigenvalue weighted by molar-refractivity contribution is 0.132. The molecule has 1 aliphatic heterocycles. The van der Waals surface area contributed by atoms with Crippen molar-refractivity contribution in [1.82, 2.24) is 5.01 Å². The molecule has 0 aromatic heterocycles. The van der Waals surface area contributed by atoms with Gasteiger partial charge in [0.2, 0.25) is 0 Å². The lowest BCUT2D eigenvalue weighted by Gasteiger charge is -2.15. The second-order valence-corrected chi connectivity index (χ2v) is 4.32. The average Bonchev–Trinajstić information content (AvgIpc) is 2.82. The SMILES string of the molecule is CC/C=N/N1C(=O)O[C@@H]2Cc3ccccc3[C@@H]21. The molecule has 4 nitrogen and oxygen atoms in total. The summed E-state index contributed by atoms with van der Waals surface area (Å²) in [5.41, 5.74) is 2.42. The molecule has 0 bridgehead atoms. The Bertz CT molecular complexity index is 484. The first-order chi connectivity index (χ1) is 8.31. The minimum Gasteiger partial charge on any atom is -0.442 e. The molecule has 0 spiro atoms. The molecule has 0 unspecified atom stereocenters. The summed E-state index contributed by atoms with van der Waals surface area (Å²) in [4.78, 5) is 11.7. The summed E-state index contributed by atoms with van der Waals surface area (Å²) in [7, 11) is 0. The van der Waals surface area contributed by atoms with Gasteiger partial charge in [0.05, 0.1) is 0 Å². The van der Waals surface area contributed by atoms with Crippen molar-refractivity contribution in [2.75, 3.05) is 0 Å². The van der Waals surface area contributed by atoms with Crippen LogP contribution in [0.4, 0.5) is 4.79 Å². The van der Waals surface area contributed by atoms with E-state index < -0.39 is 0 Å². The zero-order valence-corrected chi connectivity index (χ0v) is 9.67. The van der Waals surface area contributed by atoms with Crippen LogP contribution in [0.1, 0.15) is 30.5 Å². The second-order valence-electron chi connectivity index (χ2n) is 4.32. The fourth-order valence-electron chi connectivity index (χ4n) is 2.52. The molecule has 1 aliphatic carbocycles. The first-order valence-electron chi connectivity index (χ1n) is 5.91. The van der Waals surface area contributed by atoms with Crippen LogP contribution >= 0.6 is 0 Å². The molecule has 1 amide bonds. The highest BCUT2D eigenvalue weighted by molar-refractivity contribution is 5.73. The van der Waals surface area contributed by atoms with Crippen LogP contribution in [-0.4, -0.2) is 23.4 Å². The highest BCUT2D eigenvalue weighted by Gasteiger charge is 2.47. The molecule has 3 rings (SSSR count). The molecule has 1 aromatic carbocycles. The number of nitrogens with zero attached hydrogens (tertiary/aromatic N) is 2. The Morgan fingerprint density at radius 3 is 3.18 bits per heavy atom. The predicted molar refractivity (Wildman–Crippen MR) is 63.8 cm³/mol. The third kappa shape index (κ3) is 1.52. The topological polar surface area (TPSA) is 41.9 Å². The third-order valence-corrected chi connectivity index (χ3v) is 3.24. The smallest absolute Gasteiger partial charge is 0.431 e. The van der Waals surface area contributed by atoms with E-state index in [0.717, 1.165) is 18.4 Å². The Morgan fingerprint density at radius 1 is 1.53 bits per heavy atom. The van der Waals surface area contributed by atoms with Gasteiger partial charge in [-0.1, -0.05) is 31.2 Å². The van der Waals surface area contributed by atoms with Crippen molar-refractivity contribution in [3.05, 3.63) is 35.4 Å². The number of carbonyl (C=O) groups excluding carboxylic acids is 1. The summed E-state index contributed by atoms with van der Waals surface area (Å²) < 4.78 is 5.35. The number of fused-ring (bicyclic) bond motifs is 3. The lowest BCUT2D eigenvalue weighted by atomic mass is 10.1. The van der Waals surface area contributed by atoms with Crippen LogP contribution in [0.25, 0.3) is 0 Å². The van der Waals surface area contributed by atoms with Gasteiger partial charge in [-0.15, -0.1) is 0 Å². The molecule has 1 fully saturated rings. The molecule has 0 saturated carbocycles. The van der Waals surface area contributed by atoms with Crippen molar-refractivity contribution in [3.8, 4) is 0 Å². The van der Waals surface area contributed by atoms with Gasteiger partial charge < -0.3 is 4.74 Å². The number of amides is 1. The Morgan fingerprint density at radius 2 is 2.35 bits per heavy atom. The Hall–Kier alpha value is -1.84. The number of ether oxygens (including phenoxy) is 1. The Kier molecular flexibility index (Phi) is 2.35. The van der Waals surface area contributed by atoms with E-state index in [2.05, 4.69) is 17.2 Å². The monoisotopic (exact) mass is 230 g/mol. The molecule has 1 heterocycles. The number of rotatable bonds is 2. The van der Waals surface area contributed by atoms with Crippen LogP contribution in [-0.2, 0) is 11.2 Å². The summed E-state index contributed by atoms with van der Waals surface area (Å²) >= 11 is 0. The largest absolute Gasteiger partial charge is 0.442 e. The number of hydrogen-bond donors (Lipinski definition) is 0. The maximum Gasteiger partial charge on any atom is 0.431 e. The molecule has 17 heavy (non-hydrogen) atoms. The van der Waals surface area contributed by atoms with E-state index in [-0.39, 0.29) is 18.2 Å². The molecule has 0 radical (unpaired) electrons. The number of benzene rings is 1. The van der Waals surface area contributed by atoms with Crippen molar-refractivity contribution in [3.63, 3.8) is 0 Å². The summed E-state index contributed by atoms with van der Waals surface area (Å²) in [6, 6.07) is 8.11. The quantitative estimate of drug-likeness (QED) is 0.732. The molecule has 2 aliphatic rings. The zero-order valence-electron chi connectivity index (χ0n) is 9.67. The van der Waals surface area contributed by atoms with Gasteiger partial charge in [0.1, 0.15) is 12.1 Å². The van der Waals surface area contributed by atoms with Gasteiger partial charge in [0.15, 0.2) is 0 Å². The number of carbonyl (C=O) groups is 1. The van der Waals surface area contributed by atoms with Gasteiger partial charge >= 0.3 is 6.09 Å². The molecule has 88 valence electrons. The Labute approximate surface area is 99.9 Å². The third-order valence-electron chi connectivity index (χ3n) is 3.24. The lowest BCUT2D eigenvalue weighted by Crippen LogP contribution is -2.22. The fourth-order valence-corrected chi connectivity index (χ4v) is 2.52. The van der Waals surface area contributed by atoms with Crippen molar-refractivity contribution < 1.29 is 9.53 Å². The van der Waals surface area contributed by atoms with Gasteiger partial charge in [-0.3, -0.25) is 0 Å². The number of hydrazone groups is 1. The minimum atomic E-state index is -0.334. The van der Waals surface area contributed by atoms with E-state index >= 15 is 0 Å².